The van der Waals surface area contributed by atoms with E-state index in [1.54, 1.807) is 35.6 Å². The van der Waals surface area contributed by atoms with Crippen molar-refractivity contribution in [2.45, 2.75) is 12.8 Å². The maximum Gasteiger partial charge on any atom is 0.335 e. The first kappa shape index (κ1) is 24.6. The number of carboxylic acid groups (broad SMARTS) is 1. The highest BCUT2D eigenvalue weighted by Crippen LogP contribution is 2.27. The summed E-state index contributed by atoms with van der Waals surface area (Å²) in [6.07, 6.45) is 3.85. The van der Waals surface area contributed by atoms with E-state index in [9.17, 15) is 4.79 Å². The summed E-state index contributed by atoms with van der Waals surface area (Å²) in [5, 5.41) is 14.6. The molecule has 6 nitrogen and oxygen atoms in total. The van der Waals surface area contributed by atoms with E-state index in [2.05, 4.69) is 63.6 Å². The van der Waals surface area contributed by atoms with Crippen molar-refractivity contribution < 1.29 is 14.6 Å². The van der Waals surface area contributed by atoms with E-state index in [1.165, 1.54) is 10.4 Å². The molecule has 0 unspecified atom stereocenters. The minimum Gasteiger partial charge on any atom is -0.493 e. The molecule has 0 bridgehead atoms. The largest absolute Gasteiger partial charge is 0.493 e. The zero-order valence-corrected chi connectivity index (χ0v) is 21.3. The predicted octanol–water partition coefficient (Wildman–Crippen LogP) is 6.89. The lowest BCUT2D eigenvalue weighted by molar-refractivity contribution is 0.0696. The Morgan fingerprint density at radius 1 is 1.05 bits per heavy atom. The van der Waals surface area contributed by atoms with Gasteiger partial charge in [0.1, 0.15) is 11.6 Å². The first-order valence-corrected chi connectivity index (χ1v) is 13.2. The molecule has 3 heterocycles. The van der Waals surface area contributed by atoms with Crippen LogP contribution in [0.4, 0.5) is 11.5 Å². The SMILES string of the molecule is C=C(Nc1ccc(N2CCC(COc3cccc(C(=O)O)c3)CC2)nc1)c1ccc(-c2cccs2)cc1. The number of anilines is 2. The van der Waals surface area contributed by atoms with Crippen molar-refractivity contribution >= 4 is 34.5 Å². The van der Waals surface area contributed by atoms with Crippen molar-refractivity contribution in [3.8, 4) is 16.2 Å². The zero-order valence-electron chi connectivity index (χ0n) is 20.5. The Kier molecular flexibility index (Phi) is 7.51. The number of aromatic nitrogens is 1. The van der Waals surface area contributed by atoms with Crippen LogP contribution in [-0.4, -0.2) is 35.8 Å². The van der Waals surface area contributed by atoms with Gasteiger partial charge in [-0.15, -0.1) is 11.3 Å². The van der Waals surface area contributed by atoms with E-state index in [0.717, 1.165) is 48.7 Å². The van der Waals surface area contributed by atoms with Crippen molar-refractivity contribution in [2.75, 3.05) is 29.9 Å². The van der Waals surface area contributed by atoms with Crippen LogP contribution in [0.5, 0.6) is 5.75 Å². The first-order chi connectivity index (χ1) is 18.0. The number of benzene rings is 2. The van der Waals surface area contributed by atoms with Crippen molar-refractivity contribution in [2.24, 2.45) is 5.92 Å². The molecule has 2 aromatic carbocycles. The maximum absolute atomic E-state index is 11.1. The van der Waals surface area contributed by atoms with Crippen molar-refractivity contribution in [3.63, 3.8) is 0 Å². The summed E-state index contributed by atoms with van der Waals surface area (Å²) in [6, 6.07) is 23.3. The molecule has 5 rings (SSSR count). The van der Waals surface area contributed by atoms with E-state index in [0.29, 0.717) is 18.3 Å². The summed E-state index contributed by atoms with van der Waals surface area (Å²) in [7, 11) is 0. The Bertz CT molecular complexity index is 1340. The fraction of sp³-hybridized carbons (Fsp3) is 0.200. The van der Waals surface area contributed by atoms with Gasteiger partial charge in [0.15, 0.2) is 0 Å². The summed E-state index contributed by atoms with van der Waals surface area (Å²) in [6.45, 7) is 6.60. The molecule has 0 atom stereocenters. The van der Waals surface area contributed by atoms with Gasteiger partial charge in [0.05, 0.1) is 24.1 Å². The molecule has 2 aromatic heterocycles. The Balaban J connectivity index is 1.10. The number of carboxylic acids is 1. The molecule has 0 spiro atoms. The fourth-order valence-electron chi connectivity index (χ4n) is 4.43. The topological polar surface area (TPSA) is 74.7 Å². The van der Waals surface area contributed by atoms with Crippen molar-refractivity contribution in [1.29, 1.82) is 0 Å². The van der Waals surface area contributed by atoms with Crippen LogP contribution in [0.15, 0.2) is 91.0 Å². The van der Waals surface area contributed by atoms with Crippen LogP contribution in [0.2, 0.25) is 0 Å². The molecule has 0 amide bonds. The highest BCUT2D eigenvalue weighted by molar-refractivity contribution is 7.13. The van der Waals surface area contributed by atoms with Gasteiger partial charge in [0.25, 0.3) is 0 Å². The van der Waals surface area contributed by atoms with Crippen LogP contribution in [0.3, 0.4) is 0 Å². The van der Waals surface area contributed by atoms with Crippen LogP contribution in [0.1, 0.15) is 28.8 Å². The molecule has 37 heavy (non-hydrogen) atoms. The summed E-state index contributed by atoms with van der Waals surface area (Å²) in [5.41, 5.74) is 4.24. The Hall–Kier alpha value is -4.10. The van der Waals surface area contributed by atoms with Gasteiger partial charge < -0.3 is 20.1 Å². The minimum atomic E-state index is -0.944. The molecule has 4 aromatic rings. The smallest absolute Gasteiger partial charge is 0.335 e. The van der Waals surface area contributed by atoms with Crippen LogP contribution in [0, 0.1) is 5.92 Å². The van der Waals surface area contributed by atoms with E-state index in [-0.39, 0.29) is 5.56 Å². The lowest BCUT2D eigenvalue weighted by Crippen LogP contribution is -2.36. The molecule has 0 aliphatic carbocycles. The van der Waals surface area contributed by atoms with Gasteiger partial charge in [-0.3, -0.25) is 0 Å². The first-order valence-electron chi connectivity index (χ1n) is 12.3. The normalized spacial score (nSPS) is 13.8. The highest BCUT2D eigenvalue weighted by Gasteiger charge is 2.21. The number of hydrogen-bond acceptors (Lipinski definition) is 6. The highest BCUT2D eigenvalue weighted by atomic mass is 32.1. The van der Waals surface area contributed by atoms with Gasteiger partial charge in [-0.25, -0.2) is 9.78 Å². The van der Waals surface area contributed by atoms with Gasteiger partial charge in [0.2, 0.25) is 0 Å². The number of thiophene rings is 1. The van der Waals surface area contributed by atoms with E-state index >= 15 is 0 Å². The second-order valence-corrected chi connectivity index (χ2v) is 10.1. The molecule has 1 aliphatic rings. The molecule has 1 fully saturated rings. The zero-order chi connectivity index (χ0) is 25.6. The Morgan fingerprint density at radius 3 is 2.54 bits per heavy atom. The molecule has 1 aliphatic heterocycles. The van der Waals surface area contributed by atoms with Gasteiger partial charge >= 0.3 is 5.97 Å². The van der Waals surface area contributed by atoms with Crippen molar-refractivity contribution in [1.82, 2.24) is 4.98 Å². The number of ether oxygens (including phenoxy) is 1. The molecular weight excluding hydrogens is 482 g/mol. The summed E-state index contributed by atoms with van der Waals surface area (Å²) in [4.78, 5) is 19.4. The third-order valence-electron chi connectivity index (χ3n) is 6.59. The summed E-state index contributed by atoms with van der Waals surface area (Å²) < 4.78 is 5.88. The second kappa shape index (κ2) is 11.3. The predicted molar refractivity (Wildman–Crippen MR) is 150 cm³/mol. The van der Waals surface area contributed by atoms with Crippen LogP contribution in [-0.2, 0) is 0 Å². The molecule has 0 saturated carbocycles. The fourth-order valence-corrected chi connectivity index (χ4v) is 5.17. The number of rotatable bonds is 9. The van der Waals surface area contributed by atoms with Crippen LogP contribution < -0.4 is 15.0 Å². The van der Waals surface area contributed by atoms with Gasteiger partial charge in [-0.2, -0.15) is 0 Å². The maximum atomic E-state index is 11.1. The monoisotopic (exact) mass is 511 g/mol. The van der Waals surface area contributed by atoms with Crippen molar-refractivity contribution in [3.05, 3.63) is 102 Å². The molecular formula is C30H29N3O3S. The number of aromatic carboxylic acids is 1. The number of hydrogen-bond donors (Lipinski definition) is 2. The van der Waals surface area contributed by atoms with Crippen LogP contribution >= 0.6 is 11.3 Å². The molecule has 0 radical (unpaired) electrons. The molecule has 188 valence electrons. The molecule has 2 N–H and O–H groups in total. The molecule has 7 heteroatoms. The van der Waals surface area contributed by atoms with Crippen LogP contribution in [0.25, 0.3) is 16.1 Å². The van der Waals surface area contributed by atoms with Gasteiger partial charge in [-0.1, -0.05) is 43.0 Å². The lowest BCUT2D eigenvalue weighted by Gasteiger charge is -2.32. The Morgan fingerprint density at radius 2 is 1.86 bits per heavy atom. The molecule has 1 saturated heterocycles. The lowest BCUT2D eigenvalue weighted by atomic mass is 9.98. The number of carbonyl (C=O) groups is 1. The van der Waals surface area contributed by atoms with Gasteiger partial charge in [-0.05, 0) is 71.7 Å². The number of nitrogens with zero attached hydrogens (tertiary/aromatic N) is 2. The summed E-state index contributed by atoms with van der Waals surface area (Å²) >= 11 is 1.73. The number of nitrogens with one attached hydrogen (secondary N) is 1. The van der Waals surface area contributed by atoms with Gasteiger partial charge in [0, 0.05) is 23.7 Å². The minimum absolute atomic E-state index is 0.243. The third-order valence-corrected chi connectivity index (χ3v) is 7.51. The van der Waals surface area contributed by atoms with E-state index in [1.807, 2.05) is 18.3 Å². The standard InChI is InChI=1S/C30H29N3O3S/c1-21(23-7-9-24(10-8-23)28-6-3-17-37-28)32-26-11-12-29(31-19-26)33-15-13-22(14-16-33)20-36-27-5-2-4-25(18-27)30(34)35/h2-12,17-19,22,32H,1,13-16,20H2,(H,34,35). The summed E-state index contributed by atoms with van der Waals surface area (Å²) in [5.74, 6) is 1.05. The van der Waals surface area contributed by atoms with E-state index < -0.39 is 5.97 Å². The quantitative estimate of drug-likeness (QED) is 0.255. The average molecular weight is 512 g/mol. The van der Waals surface area contributed by atoms with E-state index in [4.69, 9.17) is 9.84 Å². The number of piperidine rings is 1. The number of pyridine rings is 1. The Labute approximate surface area is 220 Å². The average Bonchev–Trinajstić information content (AvgIpc) is 3.48. The third kappa shape index (κ3) is 6.19. The second-order valence-electron chi connectivity index (χ2n) is 9.14.